The molecule has 1 amide bonds. The maximum Gasteiger partial charge on any atom is 0.411 e. The standard InChI is InChI=1S/C19H19F4NO3/c20-15-8-4-5-9-17(15)27-12-16(14-6-2-1-3-7-14)24-18(25)10-11-26-13-19(21,22)23/h1-9,16H,10-13H2,(H,24,25). The van der Waals surface area contributed by atoms with Crippen molar-refractivity contribution in [3.05, 3.63) is 66.0 Å². The maximum absolute atomic E-state index is 13.7. The van der Waals surface area contributed by atoms with Crippen LogP contribution in [0.1, 0.15) is 18.0 Å². The molecule has 27 heavy (non-hydrogen) atoms. The zero-order valence-corrected chi connectivity index (χ0v) is 14.3. The molecule has 146 valence electrons. The number of carbonyl (C=O) groups excluding carboxylic acids is 1. The van der Waals surface area contributed by atoms with Gasteiger partial charge in [0.1, 0.15) is 13.2 Å². The Bertz CT molecular complexity index is 722. The molecule has 2 aromatic rings. The van der Waals surface area contributed by atoms with E-state index in [1.165, 1.54) is 18.2 Å². The molecule has 0 bridgehead atoms. The van der Waals surface area contributed by atoms with Gasteiger partial charge in [0, 0.05) is 6.42 Å². The lowest BCUT2D eigenvalue weighted by atomic mass is 10.1. The fourth-order valence-corrected chi connectivity index (χ4v) is 2.26. The summed E-state index contributed by atoms with van der Waals surface area (Å²) in [5.74, 6) is -0.986. The fourth-order valence-electron chi connectivity index (χ4n) is 2.26. The first-order chi connectivity index (χ1) is 12.8. The van der Waals surface area contributed by atoms with Crippen LogP contribution in [0.4, 0.5) is 17.6 Å². The summed E-state index contributed by atoms with van der Waals surface area (Å²) in [6.45, 7) is -1.81. The summed E-state index contributed by atoms with van der Waals surface area (Å²) in [6.07, 6.45) is -4.67. The lowest BCUT2D eigenvalue weighted by Gasteiger charge is -2.20. The molecule has 0 radical (unpaired) electrons. The second kappa shape index (κ2) is 9.91. The zero-order chi connectivity index (χ0) is 19.7. The van der Waals surface area contributed by atoms with Gasteiger partial charge in [-0.25, -0.2) is 4.39 Å². The molecule has 0 heterocycles. The van der Waals surface area contributed by atoms with Crippen LogP contribution in [0.3, 0.4) is 0 Å². The topological polar surface area (TPSA) is 47.6 Å². The van der Waals surface area contributed by atoms with Crippen LogP contribution in [-0.4, -0.2) is 31.9 Å². The Hall–Kier alpha value is -2.61. The summed E-state index contributed by atoms with van der Waals surface area (Å²) in [7, 11) is 0. The number of carbonyl (C=O) groups is 1. The number of hydrogen-bond donors (Lipinski definition) is 1. The average molecular weight is 385 g/mol. The van der Waals surface area contributed by atoms with Gasteiger partial charge in [-0.05, 0) is 17.7 Å². The molecule has 1 N–H and O–H groups in total. The van der Waals surface area contributed by atoms with E-state index < -0.39 is 30.5 Å². The molecule has 0 saturated heterocycles. The minimum absolute atomic E-state index is 0.0416. The van der Waals surface area contributed by atoms with Gasteiger partial charge in [-0.15, -0.1) is 0 Å². The molecule has 4 nitrogen and oxygen atoms in total. The molecular weight excluding hydrogens is 366 g/mol. The quantitative estimate of drug-likeness (QED) is 0.524. The number of rotatable bonds is 9. The fraction of sp³-hybridized carbons (Fsp3) is 0.316. The molecule has 1 atom stereocenters. The zero-order valence-electron chi connectivity index (χ0n) is 14.3. The third-order valence-corrected chi connectivity index (χ3v) is 3.52. The van der Waals surface area contributed by atoms with Crippen molar-refractivity contribution >= 4 is 5.91 Å². The molecule has 1 unspecified atom stereocenters. The van der Waals surface area contributed by atoms with Crippen LogP contribution < -0.4 is 10.1 Å². The molecule has 0 aliphatic rings. The Kier molecular flexibility index (Phi) is 7.60. The SMILES string of the molecule is O=C(CCOCC(F)(F)F)NC(COc1ccccc1F)c1ccccc1. The molecule has 0 spiro atoms. The third-order valence-electron chi connectivity index (χ3n) is 3.52. The van der Waals surface area contributed by atoms with E-state index in [2.05, 4.69) is 10.1 Å². The molecule has 2 rings (SSSR count). The van der Waals surface area contributed by atoms with Crippen LogP contribution in [0, 0.1) is 5.82 Å². The van der Waals surface area contributed by atoms with Gasteiger partial charge < -0.3 is 14.8 Å². The lowest BCUT2D eigenvalue weighted by molar-refractivity contribution is -0.174. The molecule has 0 aliphatic heterocycles. The Morgan fingerprint density at radius 3 is 2.37 bits per heavy atom. The highest BCUT2D eigenvalue weighted by Gasteiger charge is 2.27. The van der Waals surface area contributed by atoms with Crippen molar-refractivity contribution in [1.82, 2.24) is 5.32 Å². The summed E-state index contributed by atoms with van der Waals surface area (Å²) < 4.78 is 59.7. The molecule has 0 aromatic heterocycles. The summed E-state index contributed by atoms with van der Waals surface area (Å²) in [5.41, 5.74) is 0.721. The summed E-state index contributed by atoms with van der Waals surface area (Å²) in [6, 6.07) is 14.1. The highest BCUT2D eigenvalue weighted by atomic mass is 19.4. The van der Waals surface area contributed by atoms with E-state index in [4.69, 9.17) is 4.74 Å². The van der Waals surface area contributed by atoms with E-state index in [1.54, 1.807) is 36.4 Å². The van der Waals surface area contributed by atoms with Crippen molar-refractivity contribution in [2.75, 3.05) is 19.8 Å². The molecule has 0 fully saturated rings. The minimum atomic E-state index is -4.43. The summed E-state index contributed by atoms with van der Waals surface area (Å²) in [4.78, 5) is 12.0. The molecule has 0 aliphatic carbocycles. The maximum atomic E-state index is 13.7. The second-order valence-corrected chi connectivity index (χ2v) is 5.69. The molecule has 2 aromatic carbocycles. The van der Waals surface area contributed by atoms with Crippen molar-refractivity contribution in [1.29, 1.82) is 0 Å². The number of alkyl halides is 3. The Morgan fingerprint density at radius 1 is 1.04 bits per heavy atom. The third kappa shape index (κ3) is 7.65. The van der Waals surface area contributed by atoms with Crippen molar-refractivity contribution < 1.29 is 31.8 Å². The van der Waals surface area contributed by atoms with E-state index >= 15 is 0 Å². The van der Waals surface area contributed by atoms with E-state index in [0.29, 0.717) is 0 Å². The lowest BCUT2D eigenvalue weighted by Crippen LogP contribution is -2.33. The predicted molar refractivity (Wildman–Crippen MR) is 90.7 cm³/mol. The number of hydrogen-bond acceptors (Lipinski definition) is 3. The molecular formula is C19H19F4NO3. The van der Waals surface area contributed by atoms with Gasteiger partial charge in [0.2, 0.25) is 5.91 Å². The first kappa shape index (κ1) is 20.7. The van der Waals surface area contributed by atoms with Crippen LogP contribution in [0.15, 0.2) is 54.6 Å². The largest absolute Gasteiger partial charge is 0.488 e. The first-order valence-corrected chi connectivity index (χ1v) is 8.21. The highest BCUT2D eigenvalue weighted by Crippen LogP contribution is 2.19. The van der Waals surface area contributed by atoms with E-state index in [0.717, 1.165) is 5.56 Å². The van der Waals surface area contributed by atoms with E-state index in [9.17, 15) is 22.4 Å². The van der Waals surface area contributed by atoms with Gasteiger partial charge in [-0.1, -0.05) is 42.5 Å². The van der Waals surface area contributed by atoms with Gasteiger partial charge >= 0.3 is 6.18 Å². The van der Waals surface area contributed by atoms with Gasteiger partial charge in [0.15, 0.2) is 11.6 Å². The van der Waals surface area contributed by atoms with Crippen LogP contribution in [0.25, 0.3) is 0 Å². The Balaban J connectivity index is 1.93. The molecule has 0 saturated carbocycles. The van der Waals surface area contributed by atoms with Crippen LogP contribution in [0.5, 0.6) is 5.75 Å². The number of benzene rings is 2. The van der Waals surface area contributed by atoms with Crippen molar-refractivity contribution in [3.63, 3.8) is 0 Å². The van der Waals surface area contributed by atoms with E-state index in [1.807, 2.05) is 0 Å². The number of amides is 1. The van der Waals surface area contributed by atoms with Gasteiger partial charge in [0.25, 0.3) is 0 Å². The van der Waals surface area contributed by atoms with Crippen molar-refractivity contribution in [3.8, 4) is 5.75 Å². The predicted octanol–water partition coefficient (Wildman–Crippen LogP) is 4.03. The number of halogens is 4. The normalized spacial score (nSPS) is 12.4. The Morgan fingerprint density at radius 2 is 1.70 bits per heavy atom. The smallest absolute Gasteiger partial charge is 0.411 e. The van der Waals surface area contributed by atoms with Gasteiger partial charge in [0.05, 0.1) is 12.6 Å². The monoisotopic (exact) mass is 385 g/mol. The second-order valence-electron chi connectivity index (χ2n) is 5.69. The minimum Gasteiger partial charge on any atom is -0.488 e. The summed E-state index contributed by atoms with van der Waals surface area (Å²) >= 11 is 0. The van der Waals surface area contributed by atoms with Crippen LogP contribution in [-0.2, 0) is 9.53 Å². The number of para-hydroxylation sites is 1. The number of nitrogens with one attached hydrogen (secondary N) is 1. The van der Waals surface area contributed by atoms with Crippen molar-refractivity contribution in [2.45, 2.75) is 18.6 Å². The van der Waals surface area contributed by atoms with Crippen molar-refractivity contribution in [2.24, 2.45) is 0 Å². The van der Waals surface area contributed by atoms with E-state index in [-0.39, 0.29) is 25.4 Å². The molecule has 8 heteroatoms. The average Bonchev–Trinajstić information content (AvgIpc) is 2.63. The first-order valence-electron chi connectivity index (χ1n) is 8.21. The van der Waals surface area contributed by atoms with Crippen LogP contribution in [0.2, 0.25) is 0 Å². The Labute approximate surface area is 154 Å². The summed E-state index contributed by atoms with van der Waals surface area (Å²) in [5, 5.41) is 2.67. The van der Waals surface area contributed by atoms with Crippen LogP contribution >= 0.6 is 0 Å². The van der Waals surface area contributed by atoms with Gasteiger partial charge in [-0.2, -0.15) is 13.2 Å². The number of ether oxygens (including phenoxy) is 2. The van der Waals surface area contributed by atoms with Gasteiger partial charge in [-0.3, -0.25) is 4.79 Å². The highest BCUT2D eigenvalue weighted by molar-refractivity contribution is 5.76.